The SMILES string of the molecule is CC(C)(C)OC(=O)N1CCC[C@H]1c1ncc(-c2ccc3c(c2)oc2cc(-c4cnc([C@@H]5CCCN5C(=O)OC(C)(C)C)[nH]4)ccc23)[nH]1. The molecule has 0 spiro atoms. The number of rotatable bonds is 4. The number of carbonyl (C=O) groups excluding carboxylic acids is 2. The molecule has 2 aliphatic heterocycles. The Balaban J connectivity index is 1.11. The van der Waals surface area contributed by atoms with Crippen molar-refractivity contribution >= 4 is 34.1 Å². The maximum absolute atomic E-state index is 12.8. The molecule has 0 radical (unpaired) electrons. The van der Waals surface area contributed by atoms with Crippen molar-refractivity contribution in [1.82, 2.24) is 29.7 Å². The van der Waals surface area contributed by atoms with Crippen LogP contribution in [-0.2, 0) is 9.47 Å². The molecule has 2 saturated heterocycles. The third kappa shape index (κ3) is 6.18. The van der Waals surface area contributed by atoms with Crippen LogP contribution in [0.3, 0.4) is 0 Å². The number of likely N-dealkylation sites (tertiary alicyclic amines) is 2. The van der Waals surface area contributed by atoms with Crippen LogP contribution in [-0.4, -0.2) is 66.2 Å². The molecule has 0 unspecified atom stereocenters. The molecular formula is C36H42N6O5. The van der Waals surface area contributed by atoms with Gasteiger partial charge < -0.3 is 23.9 Å². The van der Waals surface area contributed by atoms with Gasteiger partial charge in [0.2, 0.25) is 0 Å². The molecule has 2 aromatic carbocycles. The standard InChI is InChI=1S/C36H42N6O5/c1-35(2,3)46-33(43)41-15-7-9-27(41)31-37-19-25(39-31)21-11-13-23-24-14-12-22(18-30(24)45-29(23)17-21)26-20-38-32(40-26)28-10-8-16-42(28)34(44)47-36(4,5)6/h11-14,17-20,27-28H,7-10,15-16H2,1-6H3,(H,37,39)(H,38,40)/t27-,28-/m0/s1. The van der Waals surface area contributed by atoms with Crippen molar-refractivity contribution in [2.24, 2.45) is 0 Å². The minimum Gasteiger partial charge on any atom is -0.456 e. The Labute approximate surface area is 273 Å². The Kier molecular flexibility index (Phi) is 7.52. The van der Waals surface area contributed by atoms with Crippen molar-refractivity contribution in [3.05, 3.63) is 60.4 Å². The van der Waals surface area contributed by atoms with Crippen molar-refractivity contribution in [3.63, 3.8) is 0 Å². The van der Waals surface area contributed by atoms with Gasteiger partial charge in [-0.1, -0.05) is 12.1 Å². The van der Waals surface area contributed by atoms with E-state index in [9.17, 15) is 9.59 Å². The molecule has 0 bridgehead atoms. The van der Waals surface area contributed by atoms with Crippen molar-refractivity contribution < 1.29 is 23.5 Å². The average Bonchev–Trinajstić information content (AvgIpc) is 3.83. The lowest BCUT2D eigenvalue weighted by atomic mass is 10.1. The second-order valence-electron chi connectivity index (χ2n) is 14.6. The number of fused-ring (bicyclic) bond motifs is 3. The summed E-state index contributed by atoms with van der Waals surface area (Å²) in [6, 6.07) is 12.0. The zero-order valence-corrected chi connectivity index (χ0v) is 27.8. The van der Waals surface area contributed by atoms with Gasteiger partial charge in [0.15, 0.2) is 0 Å². The number of carbonyl (C=O) groups is 2. The van der Waals surface area contributed by atoms with E-state index in [-0.39, 0.29) is 24.3 Å². The summed E-state index contributed by atoms with van der Waals surface area (Å²) in [5, 5.41) is 2.04. The second kappa shape index (κ2) is 11.5. The minimum atomic E-state index is -0.552. The monoisotopic (exact) mass is 638 g/mol. The number of aromatic nitrogens is 4. The van der Waals surface area contributed by atoms with Gasteiger partial charge in [0.1, 0.15) is 34.0 Å². The summed E-state index contributed by atoms with van der Waals surface area (Å²) < 4.78 is 17.6. The van der Waals surface area contributed by atoms with E-state index in [4.69, 9.17) is 13.9 Å². The molecule has 2 N–H and O–H groups in total. The topological polar surface area (TPSA) is 130 Å². The van der Waals surface area contributed by atoms with Crippen molar-refractivity contribution in [2.75, 3.05) is 13.1 Å². The maximum atomic E-state index is 12.8. The normalized spacial score (nSPS) is 18.9. The summed E-state index contributed by atoms with van der Waals surface area (Å²) in [7, 11) is 0. The number of ether oxygens (including phenoxy) is 2. The highest BCUT2D eigenvalue weighted by atomic mass is 16.6. The molecule has 11 heteroatoms. The second-order valence-corrected chi connectivity index (χ2v) is 14.6. The van der Waals surface area contributed by atoms with Crippen LogP contribution < -0.4 is 0 Å². The van der Waals surface area contributed by atoms with Gasteiger partial charge in [0, 0.05) is 35.0 Å². The smallest absolute Gasteiger partial charge is 0.410 e. The van der Waals surface area contributed by atoms with Gasteiger partial charge in [-0.05, 0) is 91.5 Å². The highest BCUT2D eigenvalue weighted by molar-refractivity contribution is 6.06. The number of hydrogen-bond donors (Lipinski definition) is 2. The fourth-order valence-electron chi connectivity index (χ4n) is 6.60. The molecule has 5 aromatic rings. The van der Waals surface area contributed by atoms with Gasteiger partial charge in [-0.3, -0.25) is 9.80 Å². The summed E-state index contributed by atoms with van der Waals surface area (Å²) in [6.07, 6.45) is 6.47. The van der Waals surface area contributed by atoms with Crippen molar-refractivity contribution in [3.8, 4) is 22.5 Å². The van der Waals surface area contributed by atoms with Crippen molar-refractivity contribution in [2.45, 2.75) is 90.5 Å². The number of hydrogen-bond acceptors (Lipinski definition) is 7. The molecule has 2 atom stereocenters. The lowest BCUT2D eigenvalue weighted by Crippen LogP contribution is -2.36. The van der Waals surface area contributed by atoms with Gasteiger partial charge in [-0.2, -0.15) is 0 Å². The predicted octanol–water partition coefficient (Wildman–Crippen LogP) is 8.51. The Morgan fingerprint density at radius 3 is 1.55 bits per heavy atom. The van der Waals surface area contributed by atoms with Gasteiger partial charge >= 0.3 is 12.2 Å². The average molecular weight is 639 g/mol. The molecule has 0 saturated carbocycles. The van der Waals surface area contributed by atoms with Crippen molar-refractivity contribution in [1.29, 1.82) is 0 Å². The number of benzene rings is 2. The summed E-state index contributed by atoms with van der Waals surface area (Å²) >= 11 is 0. The van der Waals surface area contributed by atoms with Crippen LogP contribution in [0.5, 0.6) is 0 Å². The molecule has 2 aliphatic rings. The molecular weight excluding hydrogens is 596 g/mol. The number of furan rings is 1. The van der Waals surface area contributed by atoms with E-state index in [0.717, 1.165) is 81.8 Å². The Hall–Kier alpha value is -4.80. The minimum absolute atomic E-state index is 0.149. The Bertz CT molecular complexity index is 1820. The van der Waals surface area contributed by atoms with Crippen LogP contribution in [0.4, 0.5) is 9.59 Å². The van der Waals surface area contributed by atoms with E-state index < -0.39 is 11.2 Å². The third-order valence-corrected chi connectivity index (χ3v) is 8.68. The largest absolute Gasteiger partial charge is 0.456 e. The van der Waals surface area contributed by atoms with Crippen LogP contribution in [0.2, 0.25) is 0 Å². The summed E-state index contributed by atoms with van der Waals surface area (Å²) in [5.41, 5.74) is 4.04. The highest BCUT2D eigenvalue weighted by Crippen LogP contribution is 2.37. The Morgan fingerprint density at radius 1 is 0.723 bits per heavy atom. The summed E-state index contributed by atoms with van der Waals surface area (Å²) in [5.74, 6) is 1.51. The molecule has 2 amide bonds. The van der Waals surface area contributed by atoms with E-state index in [2.05, 4.69) is 44.2 Å². The first-order chi connectivity index (χ1) is 22.3. The molecule has 2 fully saturated rings. The van der Waals surface area contributed by atoms with Crippen LogP contribution >= 0.6 is 0 Å². The Morgan fingerprint density at radius 2 is 1.15 bits per heavy atom. The van der Waals surface area contributed by atoms with E-state index in [0.29, 0.717) is 13.1 Å². The molecule has 5 heterocycles. The number of H-pyrrole nitrogens is 2. The lowest BCUT2D eigenvalue weighted by molar-refractivity contribution is 0.0208. The molecule has 7 rings (SSSR count). The molecule has 47 heavy (non-hydrogen) atoms. The zero-order chi connectivity index (χ0) is 33.1. The number of nitrogens with one attached hydrogen (secondary N) is 2. The van der Waals surface area contributed by atoms with Gasteiger partial charge in [-0.25, -0.2) is 19.6 Å². The first kappa shape index (κ1) is 30.8. The van der Waals surface area contributed by atoms with Crippen LogP contribution in [0.1, 0.15) is 91.0 Å². The number of amides is 2. The van der Waals surface area contributed by atoms with E-state index in [1.54, 1.807) is 9.80 Å². The molecule has 246 valence electrons. The number of imidazole rings is 2. The summed E-state index contributed by atoms with van der Waals surface area (Å²) in [4.78, 5) is 45.4. The third-order valence-electron chi connectivity index (χ3n) is 8.68. The quantitative estimate of drug-likeness (QED) is 0.202. The number of aromatic amines is 2. The fraction of sp³-hybridized carbons (Fsp3) is 0.444. The highest BCUT2D eigenvalue weighted by Gasteiger charge is 2.36. The molecule has 3 aromatic heterocycles. The van der Waals surface area contributed by atoms with E-state index in [1.165, 1.54) is 0 Å². The van der Waals surface area contributed by atoms with Gasteiger partial charge in [-0.15, -0.1) is 0 Å². The van der Waals surface area contributed by atoms with Gasteiger partial charge in [0.05, 0.1) is 35.9 Å². The summed E-state index contributed by atoms with van der Waals surface area (Å²) in [6.45, 7) is 12.6. The lowest BCUT2D eigenvalue weighted by Gasteiger charge is -2.27. The van der Waals surface area contributed by atoms with E-state index in [1.807, 2.05) is 66.1 Å². The number of nitrogens with zero attached hydrogens (tertiary/aromatic N) is 4. The van der Waals surface area contributed by atoms with Gasteiger partial charge in [0.25, 0.3) is 0 Å². The maximum Gasteiger partial charge on any atom is 0.410 e. The van der Waals surface area contributed by atoms with Crippen LogP contribution in [0, 0.1) is 0 Å². The molecule has 0 aliphatic carbocycles. The predicted molar refractivity (Wildman–Crippen MR) is 179 cm³/mol. The zero-order valence-electron chi connectivity index (χ0n) is 27.8. The molecule has 11 nitrogen and oxygen atoms in total. The first-order valence-corrected chi connectivity index (χ1v) is 16.4. The first-order valence-electron chi connectivity index (χ1n) is 16.4. The van der Waals surface area contributed by atoms with Crippen LogP contribution in [0.15, 0.2) is 53.2 Å². The van der Waals surface area contributed by atoms with E-state index >= 15 is 0 Å². The van der Waals surface area contributed by atoms with Crippen LogP contribution in [0.25, 0.3) is 44.5 Å². The fourth-order valence-corrected chi connectivity index (χ4v) is 6.60.